The predicted molar refractivity (Wildman–Crippen MR) is 113 cm³/mol. The van der Waals surface area contributed by atoms with E-state index in [9.17, 15) is 4.79 Å². The zero-order valence-corrected chi connectivity index (χ0v) is 17.7. The summed E-state index contributed by atoms with van der Waals surface area (Å²) in [6.07, 6.45) is 5.33. The van der Waals surface area contributed by atoms with Crippen LogP contribution in [0.4, 0.5) is 4.79 Å². The van der Waals surface area contributed by atoms with Crippen molar-refractivity contribution >= 4 is 17.7 Å². The zero-order chi connectivity index (χ0) is 20.4. The maximum absolute atomic E-state index is 12.1. The van der Waals surface area contributed by atoms with Crippen molar-refractivity contribution in [1.82, 2.24) is 9.88 Å². The van der Waals surface area contributed by atoms with E-state index < -0.39 is 0 Å². The van der Waals surface area contributed by atoms with E-state index in [1.807, 2.05) is 24.1 Å². The number of fused-ring (bicyclic) bond motifs is 2. The lowest BCUT2D eigenvalue weighted by molar-refractivity contribution is 0.0900. The lowest BCUT2D eigenvalue weighted by atomic mass is 9.76. The minimum absolute atomic E-state index is 0.204. The topological polar surface area (TPSA) is 51.7 Å². The van der Waals surface area contributed by atoms with Crippen molar-refractivity contribution in [2.45, 2.75) is 38.5 Å². The molecule has 6 heteroatoms. The maximum atomic E-state index is 12.1. The van der Waals surface area contributed by atoms with Gasteiger partial charge in [-0.1, -0.05) is 17.7 Å². The summed E-state index contributed by atoms with van der Waals surface area (Å²) in [6.45, 7) is 3.69. The van der Waals surface area contributed by atoms with Gasteiger partial charge in [0.1, 0.15) is 5.75 Å². The number of aryl methyl sites for hydroxylation is 2. The molecular weight excluding hydrogens is 388 g/mol. The van der Waals surface area contributed by atoms with Crippen LogP contribution in [0.15, 0.2) is 30.5 Å². The van der Waals surface area contributed by atoms with Crippen molar-refractivity contribution in [1.29, 1.82) is 0 Å². The van der Waals surface area contributed by atoms with Crippen LogP contribution in [0.1, 0.15) is 48.1 Å². The van der Waals surface area contributed by atoms with Crippen LogP contribution in [0.3, 0.4) is 0 Å². The fourth-order valence-electron chi connectivity index (χ4n) is 4.71. The molecular formula is C23H27ClN2O3. The van der Waals surface area contributed by atoms with Gasteiger partial charge < -0.3 is 14.4 Å². The molecule has 4 rings (SSSR count). The fraction of sp³-hybridized carbons (Fsp3) is 0.478. The summed E-state index contributed by atoms with van der Waals surface area (Å²) in [5.41, 5.74) is 5.00. The monoisotopic (exact) mass is 414 g/mol. The lowest BCUT2D eigenvalue weighted by Crippen LogP contribution is -2.40. The molecule has 1 aliphatic carbocycles. The number of pyridine rings is 1. The first-order valence-corrected chi connectivity index (χ1v) is 10.7. The molecule has 0 radical (unpaired) electrons. The quantitative estimate of drug-likeness (QED) is 0.720. The van der Waals surface area contributed by atoms with E-state index in [1.54, 1.807) is 7.11 Å². The number of aromatic nitrogens is 1. The normalized spacial score (nSPS) is 19.1. The van der Waals surface area contributed by atoms with Gasteiger partial charge >= 0.3 is 6.09 Å². The average molecular weight is 415 g/mol. The van der Waals surface area contributed by atoms with Gasteiger partial charge in [-0.15, -0.1) is 0 Å². The number of hydrogen-bond acceptors (Lipinski definition) is 4. The highest BCUT2D eigenvalue weighted by Crippen LogP contribution is 2.43. The summed E-state index contributed by atoms with van der Waals surface area (Å²) in [5, 5.41) is 0.774. The molecule has 1 saturated heterocycles. The van der Waals surface area contributed by atoms with E-state index in [2.05, 4.69) is 18.2 Å². The fourth-order valence-corrected chi connectivity index (χ4v) is 4.90. The van der Waals surface area contributed by atoms with E-state index in [0.29, 0.717) is 25.6 Å². The third kappa shape index (κ3) is 4.06. The van der Waals surface area contributed by atoms with Crippen LogP contribution in [-0.2, 0) is 17.6 Å². The van der Waals surface area contributed by atoms with Crippen LogP contribution < -0.4 is 4.74 Å². The standard InChI is InChI=1S/C23H27ClN2O3/c1-3-29-23(27)26-10-8-15(9-11-26)21-20-7-6-18(24)12-16(20)4-5-17-13-19(28-2)14-25-22(17)21/h6-7,12-15,21H,3-5,8-11H2,1-2H3. The molecule has 2 aliphatic rings. The zero-order valence-electron chi connectivity index (χ0n) is 17.0. The number of benzene rings is 1. The molecule has 0 saturated carbocycles. The average Bonchev–Trinajstić information content (AvgIpc) is 2.90. The molecule has 2 aromatic rings. The van der Waals surface area contributed by atoms with Gasteiger partial charge in [0.2, 0.25) is 0 Å². The number of piperidine rings is 1. The Morgan fingerprint density at radius 2 is 1.97 bits per heavy atom. The molecule has 1 fully saturated rings. The highest BCUT2D eigenvalue weighted by Gasteiger charge is 2.35. The molecule has 1 unspecified atom stereocenters. The number of halogens is 1. The Balaban J connectivity index is 1.67. The van der Waals surface area contributed by atoms with Crippen LogP contribution in [0.2, 0.25) is 5.02 Å². The van der Waals surface area contributed by atoms with Crippen molar-refractivity contribution in [3.05, 3.63) is 57.9 Å². The molecule has 0 bridgehead atoms. The van der Waals surface area contributed by atoms with Crippen molar-refractivity contribution in [2.75, 3.05) is 26.8 Å². The molecule has 2 heterocycles. The van der Waals surface area contributed by atoms with Crippen molar-refractivity contribution in [2.24, 2.45) is 5.92 Å². The second-order valence-electron chi connectivity index (χ2n) is 7.76. The van der Waals surface area contributed by atoms with Crippen LogP contribution in [0.5, 0.6) is 5.75 Å². The Morgan fingerprint density at radius 1 is 1.21 bits per heavy atom. The summed E-state index contributed by atoms with van der Waals surface area (Å²) in [5.74, 6) is 1.41. The number of amides is 1. The van der Waals surface area contributed by atoms with Gasteiger partial charge in [0.05, 0.1) is 25.6 Å². The smallest absolute Gasteiger partial charge is 0.409 e. The summed E-state index contributed by atoms with van der Waals surface area (Å²) in [6, 6.07) is 8.37. The molecule has 1 aromatic carbocycles. The van der Waals surface area contributed by atoms with Crippen LogP contribution >= 0.6 is 11.6 Å². The molecule has 29 heavy (non-hydrogen) atoms. The Hall–Kier alpha value is -2.27. The largest absolute Gasteiger partial charge is 0.495 e. The highest BCUT2D eigenvalue weighted by molar-refractivity contribution is 6.30. The predicted octanol–water partition coefficient (Wildman–Crippen LogP) is 4.84. The Morgan fingerprint density at radius 3 is 2.69 bits per heavy atom. The summed E-state index contributed by atoms with van der Waals surface area (Å²) in [4.78, 5) is 18.8. The molecule has 1 aromatic heterocycles. The van der Waals surface area contributed by atoms with Gasteiger partial charge in [-0.2, -0.15) is 0 Å². The van der Waals surface area contributed by atoms with Gasteiger partial charge in [0.15, 0.2) is 0 Å². The number of likely N-dealkylation sites (tertiary alicyclic amines) is 1. The second-order valence-corrected chi connectivity index (χ2v) is 8.20. The van der Waals surface area contributed by atoms with Gasteiger partial charge in [-0.3, -0.25) is 4.98 Å². The lowest BCUT2D eigenvalue weighted by Gasteiger charge is -2.36. The molecule has 1 atom stereocenters. The third-order valence-corrected chi connectivity index (χ3v) is 6.38. The number of hydrogen-bond donors (Lipinski definition) is 0. The summed E-state index contributed by atoms with van der Waals surface area (Å²) in [7, 11) is 1.68. The molecule has 5 nitrogen and oxygen atoms in total. The van der Waals surface area contributed by atoms with Crippen LogP contribution in [0.25, 0.3) is 0 Å². The highest BCUT2D eigenvalue weighted by atomic mass is 35.5. The maximum Gasteiger partial charge on any atom is 0.409 e. The Labute approximate surface area is 177 Å². The molecule has 0 spiro atoms. The van der Waals surface area contributed by atoms with E-state index in [0.717, 1.165) is 42.1 Å². The summed E-state index contributed by atoms with van der Waals surface area (Å²) < 4.78 is 10.6. The Kier molecular flexibility index (Phi) is 5.95. The molecule has 1 amide bonds. The minimum atomic E-state index is -0.206. The van der Waals surface area contributed by atoms with Gasteiger partial charge in [-0.05, 0) is 73.4 Å². The van der Waals surface area contributed by atoms with Gasteiger partial charge in [0.25, 0.3) is 0 Å². The molecule has 0 N–H and O–H groups in total. The number of rotatable bonds is 3. The first-order chi connectivity index (χ1) is 14.1. The Bertz CT molecular complexity index is 894. The third-order valence-electron chi connectivity index (χ3n) is 6.15. The number of carbonyl (C=O) groups is 1. The van der Waals surface area contributed by atoms with E-state index in [4.69, 9.17) is 26.1 Å². The molecule has 1 aliphatic heterocycles. The van der Waals surface area contributed by atoms with E-state index >= 15 is 0 Å². The minimum Gasteiger partial charge on any atom is -0.495 e. The number of carbonyl (C=O) groups excluding carboxylic acids is 1. The second kappa shape index (κ2) is 8.62. The number of ether oxygens (including phenoxy) is 2. The van der Waals surface area contributed by atoms with Crippen molar-refractivity contribution in [3.63, 3.8) is 0 Å². The van der Waals surface area contributed by atoms with Gasteiger partial charge in [0, 0.05) is 24.0 Å². The van der Waals surface area contributed by atoms with Crippen molar-refractivity contribution < 1.29 is 14.3 Å². The first-order valence-electron chi connectivity index (χ1n) is 10.3. The van der Waals surface area contributed by atoms with Crippen LogP contribution in [-0.4, -0.2) is 42.8 Å². The number of nitrogens with zero attached hydrogens (tertiary/aromatic N) is 2. The van der Waals surface area contributed by atoms with E-state index in [-0.39, 0.29) is 12.0 Å². The number of methoxy groups -OCH3 is 1. The molecule has 154 valence electrons. The van der Waals surface area contributed by atoms with Crippen molar-refractivity contribution in [3.8, 4) is 5.75 Å². The first kappa shape index (κ1) is 20.0. The SMILES string of the molecule is CCOC(=O)N1CCC(C2c3ccc(Cl)cc3CCc3cc(OC)cnc32)CC1. The van der Waals surface area contributed by atoms with Crippen LogP contribution in [0, 0.1) is 5.92 Å². The van der Waals surface area contributed by atoms with Gasteiger partial charge in [-0.25, -0.2) is 4.79 Å². The van der Waals surface area contributed by atoms with E-state index in [1.165, 1.54) is 16.7 Å². The summed E-state index contributed by atoms with van der Waals surface area (Å²) >= 11 is 6.31.